The van der Waals surface area contributed by atoms with Gasteiger partial charge in [0.05, 0.1) is 5.75 Å². The number of carbonyl (C=O) groups is 1. The molecule has 0 radical (unpaired) electrons. The highest BCUT2D eigenvalue weighted by atomic mass is 32.2. The maximum Gasteiger partial charge on any atom is 0.230 e. The van der Waals surface area contributed by atoms with Crippen LogP contribution in [0.3, 0.4) is 0 Å². The Morgan fingerprint density at radius 2 is 1.46 bits per heavy atom. The summed E-state index contributed by atoms with van der Waals surface area (Å²) in [4.78, 5) is 17.4. The summed E-state index contributed by atoms with van der Waals surface area (Å²) in [5.41, 5.74) is 2.10. The molecule has 1 heterocycles. The van der Waals surface area contributed by atoms with E-state index in [0.717, 1.165) is 4.90 Å². The second kappa shape index (κ2) is 8.68. The third-order valence-electron chi connectivity index (χ3n) is 4.48. The zero-order valence-corrected chi connectivity index (χ0v) is 15.6. The molecule has 1 N–H and O–H groups in total. The van der Waals surface area contributed by atoms with Gasteiger partial charge in [0, 0.05) is 29.2 Å². The fourth-order valence-electron chi connectivity index (χ4n) is 2.89. The molecule has 0 spiro atoms. The molecule has 3 aromatic rings. The zero-order valence-electron chi connectivity index (χ0n) is 14.8. The van der Waals surface area contributed by atoms with E-state index in [2.05, 4.69) is 41.5 Å². The molecule has 3 nitrogen and oxygen atoms in total. The fraction of sp³-hybridized carbons (Fsp3) is 0.182. The number of thioether (sulfide) groups is 1. The Morgan fingerprint density at radius 3 is 2.00 bits per heavy atom. The van der Waals surface area contributed by atoms with Crippen LogP contribution in [0.25, 0.3) is 0 Å². The van der Waals surface area contributed by atoms with E-state index in [1.54, 1.807) is 12.4 Å². The first-order valence-corrected chi connectivity index (χ1v) is 9.57. The van der Waals surface area contributed by atoms with Crippen molar-refractivity contribution >= 4 is 17.7 Å². The summed E-state index contributed by atoms with van der Waals surface area (Å²) in [6.07, 6.45) is 3.48. The fourth-order valence-corrected chi connectivity index (χ4v) is 3.61. The molecule has 0 saturated carbocycles. The lowest BCUT2D eigenvalue weighted by Crippen LogP contribution is -2.40. The zero-order chi connectivity index (χ0) is 18.2. The minimum atomic E-state index is -0.278. The molecule has 0 atom stereocenters. The molecule has 0 unspecified atom stereocenters. The van der Waals surface area contributed by atoms with Crippen LogP contribution in [0.4, 0.5) is 0 Å². The second-order valence-electron chi connectivity index (χ2n) is 6.31. The summed E-state index contributed by atoms with van der Waals surface area (Å²) in [7, 11) is 0. The van der Waals surface area contributed by atoms with Crippen molar-refractivity contribution in [2.75, 3.05) is 12.3 Å². The molecule has 26 heavy (non-hydrogen) atoms. The summed E-state index contributed by atoms with van der Waals surface area (Å²) in [5, 5.41) is 3.12. The molecule has 132 valence electrons. The van der Waals surface area contributed by atoms with Crippen molar-refractivity contribution in [3.8, 4) is 0 Å². The first-order valence-electron chi connectivity index (χ1n) is 8.59. The van der Waals surface area contributed by atoms with Crippen molar-refractivity contribution in [1.29, 1.82) is 0 Å². The van der Waals surface area contributed by atoms with Crippen molar-refractivity contribution < 1.29 is 4.79 Å². The lowest BCUT2D eigenvalue weighted by atomic mass is 9.76. The normalized spacial score (nSPS) is 11.1. The molecule has 4 heteroatoms. The maximum atomic E-state index is 12.4. The quantitative estimate of drug-likeness (QED) is 0.637. The Balaban J connectivity index is 1.70. The second-order valence-corrected chi connectivity index (χ2v) is 7.36. The Hall–Kier alpha value is -2.59. The third-order valence-corrected chi connectivity index (χ3v) is 5.49. The number of nitrogens with one attached hydrogen (secondary N) is 1. The van der Waals surface area contributed by atoms with E-state index in [1.165, 1.54) is 22.9 Å². The van der Waals surface area contributed by atoms with Gasteiger partial charge in [-0.3, -0.25) is 9.78 Å². The van der Waals surface area contributed by atoms with Crippen LogP contribution < -0.4 is 5.32 Å². The average Bonchev–Trinajstić information content (AvgIpc) is 2.72. The number of benzene rings is 2. The lowest BCUT2D eigenvalue weighted by Gasteiger charge is -2.31. The molecule has 0 fully saturated rings. The average molecular weight is 362 g/mol. The Kier molecular flexibility index (Phi) is 6.08. The molecule has 0 saturated heterocycles. The summed E-state index contributed by atoms with van der Waals surface area (Å²) in [6.45, 7) is 2.73. The van der Waals surface area contributed by atoms with Gasteiger partial charge >= 0.3 is 0 Å². The van der Waals surface area contributed by atoms with Crippen LogP contribution in [-0.4, -0.2) is 23.2 Å². The number of pyridine rings is 1. The van der Waals surface area contributed by atoms with Gasteiger partial charge in [0.1, 0.15) is 0 Å². The van der Waals surface area contributed by atoms with E-state index in [9.17, 15) is 4.79 Å². The van der Waals surface area contributed by atoms with Crippen molar-refractivity contribution in [3.63, 3.8) is 0 Å². The van der Waals surface area contributed by atoms with Gasteiger partial charge in [-0.2, -0.15) is 0 Å². The summed E-state index contributed by atoms with van der Waals surface area (Å²) >= 11 is 1.52. The number of aromatic nitrogens is 1. The number of carbonyl (C=O) groups excluding carboxylic acids is 1. The van der Waals surface area contributed by atoms with E-state index < -0.39 is 0 Å². The van der Waals surface area contributed by atoms with E-state index in [4.69, 9.17) is 0 Å². The van der Waals surface area contributed by atoms with Gasteiger partial charge in [0.15, 0.2) is 0 Å². The predicted molar refractivity (Wildman–Crippen MR) is 107 cm³/mol. The van der Waals surface area contributed by atoms with Gasteiger partial charge in [-0.1, -0.05) is 60.7 Å². The van der Waals surface area contributed by atoms with Gasteiger partial charge in [0.25, 0.3) is 0 Å². The first-order chi connectivity index (χ1) is 12.7. The molecule has 0 aliphatic carbocycles. The smallest absolute Gasteiger partial charge is 0.230 e. The molecular weight excluding hydrogens is 340 g/mol. The number of nitrogens with zero attached hydrogens (tertiary/aromatic N) is 1. The molecular formula is C22H22N2OS. The van der Waals surface area contributed by atoms with Crippen molar-refractivity contribution in [2.45, 2.75) is 17.2 Å². The van der Waals surface area contributed by atoms with Gasteiger partial charge in [0.2, 0.25) is 5.91 Å². The van der Waals surface area contributed by atoms with Gasteiger partial charge in [-0.05, 0) is 30.2 Å². The summed E-state index contributed by atoms with van der Waals surface area (Å²) < 4.78 is 0. The number of hydrogen-bond donors (Lipinski definition) is 1. The van der Waals surface area contributed by atoms with Crippen LogP contribution in [0.1, 0.15) is 18.1 Å². The largest absolute Gasteiger partial charge is 0.354 e. The van der Waals surface area contributed by atoms with E-state index in [1.807, 2.05) is 48.5 Å². The van der Waals surface area contributed by atoms with Crippen LogP contribution >= 0.6 is 11.8 Å². The lowest BCUT2D eigenvalue weighted by molar-refractivity contribution is -0.118. The van der Waals surface area contributed by atoms with Crippen molar-refractivity contribution in [1.82, 2.24) is 10.3 Å². The summed E-state index contributed by atoms with van der Waals surface area (Å²) in [6, 6.07) is 24.5. The predicted octanol–water partition coefficient (Wildman–Crippen LogP) is 4.30. The third kappa shape index (κ3) is 4.52. The standard InChI is InChI=1S/C22H22N2OS/c1-22(18-8-4-2-5-9-18,19-10-6-3-7-11-19)17-24-21(25)16-26-20-12-14-23-15-13-20/h2-15H,16-17H2,1H3,(H,24,25). The molecule has 0 aliphatic rings. The minimum absolute atomic E-state index is 0.0323. The molecule has 0 bridgehead atoms. The molecule has 1 amide bonds. The van der Waals surface area contributed by atoms with Crippen LogP contribution in [0, 0.1) is 0 Å². The monoisotopic (exact) mass is 362 g/mol. The van der Waals surface area contributed by atoms with Gasteiger partial charge in [-0.25, -0.2) is 0 Å². The number of amides is 1. The molecule has 3 rings (SSSR count). The highest BCUT2D eigenvalue weighted by Crippen LogP contribution is 2.31. The highest BCUT2D eigenvalue weighted by molar-refractivity contribution is 8.00. The molecule has 0 aliphatic heterocycles. The Labute approximate surface area is 158 Å². The maximum absolute atomic E-state index is 12.4. The van der Waals surface area contributed by atoms with E-state index in [-0.39, 0.29) is 11.3 Å². The van der Waals surface area contributed by atoms with Crippen molar-refractivity contribution in [2.24, 2.45) is 0 Å². The van der Waals surface area contributed by atoms with E-state index in [0.29, 0.717) is 12.3 Å². The Bertz CT molecular complexity index is 783. The van der Waals surface area contributed by atoms with Crippen LogP contribution in [0.2, 0.25) is 0 Å². The topological polar surface area (TPSA) is 42.0 Å². The van der Waals surface area contributed by atoms with Crippen LogP contribution in [0.5, 0.6) is 0 Å². The highest BCUT2D eigenvalue weighted by Gasteiger charge is 2.29. The SMILES string of the molecule is CC(CNC(=O)CSc1ccncc1)(c1ccccc1)c1ccccc1. The van der Waals surface area contributed by atoms with Crippen molar-refractivity contribution in [3.05, 3.63) is 96.3 Å². The summed E-state index contributed by atoms with van der Waals surface area (Å²) in [5.74, 6) is 0.425. The van der Waals surface area contributed by atoms with Crippen LogP contribution in [-0.2, 0) is 10.2 Å². The molecule has 2 aromatic carbocycles. The van der Waals surface area contributed by atoms with E-state index >= 15 is 0 Å². The first kappa shape index (κ1) is 18.2. The van der Waals surface area contributed by atoms with Crippen LogP contribution in [0.15, 0.2) is 90.1 Å². The van der Waals surface area contributed by atoms with Gasteiger partial charge < -0.3 is 5.32 Å². The minimum Gasteiger partial charge on any atom is -0.354 e. The van der Waals surface area contributed by atoms with Gasteiger partial charge in [-0.15, -0.1) is 11.8 Å². The number of rotatable bonds is 7. The Morgan fingerprint density at radius 1 is 0.923 bits per heavy atom. The molecule has 1 aromatic heterocycles. The number of hydrogen-bond acceptors (Lipinski definition) is 3.